The Morgan fingerprint density at radius 2 is 1.84 bits per heavy atom. The molecule has 0 saturated heterocycles. The Kier molecular flexibility index (Phi) is 6.45. The summed E-state index contributed by atoms with van der Waals surface area (Å²) in [4.78, 5) is 4.21. The van der Waals surface area contributed by atoms with Crippen molar-refractivity contribution in [2.75, 3.05) is 26.1 Å². The van der Waals surface area contributed by atoms with Crippen LogP contribution in [0, 0.1) is 5.82 Å². The number of nitrogens with one attached hydrogen (secondary N) is 1. The minimum atomic E-state index is -0.408. The van der Waals surface area contributed by atoms with Gasteiger partial charge >= 0.3 is 0 Å². The summed E-state index contributed by atoms with van der Waals surface area (Å²) in [6.45, 7) is 2.07. The van der Waals surface area contributed by atoms with E-state index in [1.165, 1.54) is 6.07 Å². The van der Waals surface area contributed by atoms with Gasteiger partial charge in [0.2, 0.25) is 0 Å². The number of guanidine groups is 1. The first-order valence-electron chi connectivity index (χ1n) is 7.73. The predicted molar refractivity (Wildman–Crippen MR) is 96.1 cm³/mol. The summed E-state index contributed by atoms with van der Waals surface area (Å²) >= 11 is 0. The summed E-state index contributed by atoms with van der Waals surface area (Å²) in [6.07, 6.45) is -0.331. The Morgan fingerprint density at radius 1 is 1.12 bits per heavy atom. The first-order valence-corrected chi connectivity index (χ1v) is 7.73. The number of halogens is 1. The lowest BCUT2D eigenvalue weighted by atomic mass is 10.3. The van der Waals surface area contributed by atoms with Crippen molar-refractivity contribution in [3.05, 3.63) is 48.3 Å². The third-order valence-corrected chi connectivity index (χ3v) is 3.34. The van der Waals surface area contributed by atoms with E-state index in [2.05, 4.69) is 10.3 Å². The van der Waals surface area contributed by atoms with Gasteiger partial charge in [-0.15, -0.1) is 0 Å². The van der Waals surface area contributed by atoms with Gasteiger partial charge in [0.1, 0.15) is 6.10 Å². The van der Waals surface area contributed by atoms with E-state index in [0.29, 0.717) is 17.2 Å². The van der Waals surface area contributed by atoms with Gasteiger partial charge in [0.15, 0.2) is 29.0 Å². The van der Waals surface area contributed by atoms with Crippen LogP contribution < -0.4 is 25.3 Å². The molecule has 0 saturated carbocycles. The van der Waals surface area contributed by atoms with Gasteiger partial charge in [-0.05, 0) is 31.2 Å². The van der Waals surface area contributed by atoms with Crippen molar-refractivity contribution in [2.45, 2.75) is 13.0 Å². The molecule has 0 radical (unpaired) electrons. The molecule has 0 fully saturated rings. The molecule has 3 N–H and O–H groups in total. The average molecular weight is 347 g/mol. The highest BCUT2D eigenvalue weighted by molar-refractivity contribution is 5.92. The fraction of sp³-hybridized carbons (Fsp3) is 0.278. The Hall–Kier alpha value is -2.96. The van der Waals surface area contributed by atoms with Crippen LogP contribution in [-0.2, 0) is 0 Å². The highest BCUT2D eigenvalue weighted by atomic mass is 19.1. The van der Waals surface area contributed by atoms with Crippen molar-refractivity contribution in [3.8, 4) is 17.2 Å². The summed E-state index contributed by atoms with van der Waals surface area (Å²) in [5.74, 6) is 1.20. The van der Waals surface area contributed by atoms with Crippen molar-refractivity contribution in [3.63, 3.8) is 0 Å². The molecule has 2 rings (SSSR count). The SMILES string of the molecule is COc1ccc(NC(N)=NCC(C)Oc2ccccc2F)cc1OC. The van der Waals surface area contributed by atoms with Crippen molar-refractivity contribution < 1.29 is 18.6 Å². The van der Waals surface area contributed by atoms with Crippen molar-refractivity contribution >= 4 is 11.6 Å². The summed E-state index contributed by atoms with van der Waals surface area (Å²) in [5, 5.41) is 2.96. The molecule has 0 aliphatic heterocycles. The van der Waals surface area contributed by atoms with Crippen LogP contribution in [0.1, 0.15) is 6.92 Å². The van der Waals surface area contributed by atoms with Gasteiger partial charge in [-0.2, -0.15) is 0 Å². The molecule has 0 amide bonds. The molecule has 0 spiro atoms. The first-order chi connectivity index (χ1) is 12.0. The van der Waals surface area contributed by atoms with E-state index in [-0.39, 0.29) is 24.4 Å². The number of hydrogen-bond donors (Lipinski definition) is 2. The van der Waals surface area contributed by atoms with E-state index in [1.54, 1.807) is 57.5 Å². The van der Waals surface area contributed by atoms with Crippen LogP contribution in [0.15, 0.2) is 47.5 Å². The zero-order valence-electron chi connectivity index (χ0n) is 14.5. The summed E-state index contributed by atoms with van der Waals surface area (Å²) < 4.78 is 29.5. The quantitative estimate of drug-likeness (QED) is 0.595. The van der Waals surface area contributed by atoms with Crippen molar-refractivity contribution in [1.82, 2.24) is 0 Å². The molecule has 2 aromatic rings. The van der Waals surface area contributed by atoms with Crippen LogP contribution in [0.3, 0.4) is 0 Å². The minimum absolute atomic E-state index is 0.191. The number of benzene rings is 2. The van der Waals surface area contributed by atoms with Gasteiger partial charge in [0.05, 0.1) is 20.8 Å². The molecular weight excluding hydrogens is 325 g/mol. The molecule has 0 heterocycles. The lowest BCUT2D eigenvalue weighted by Crippen LogP contribution is -2.25. The van der Waals surface area contributed by atoms with Gasteiger partial charge < -0.3 is 25.3 Å². The predicted octanol–water partition coefficient (Wildman–Crippen LogP) is 3.04. The molecule has 0 bridgehead atoms. The first kappa shape index (κ1) is 18.4. The number of aliphatic imine (C=N–C) groups is 1. The van der Waals surface area contributed by atoms with E-state index in [9.17, 15) is 4.39 Å². The molecule has 1 unspecified atom stereocenters. The van der Waals surface area contributed by atoms with Crippen molar-refractivity contribution in [2.24, 2.45) is 10.7 Å². The smallest absolute Gasteiger partial charge is 0.193 e. The fourth-order valence-electron chi connectivity index (χ4n) is 2.12. The van der Waals surface area contributed by atoms with E-state index in [0.717, 1.165) is 0 Å². The molecule has 0 aliphatic carbocycles. The van der Waals surface area contributed by atoms with Gasteiger partial charge in [-0.1, -0.05) is 12.1 Å². The zero-order valence-corrected chi connectivity index (χ0v) is 14.5. The number of hydrogen-bond acceptors (Lipinski definition) is 4. The molecule has 6 nitrogen and oxygen atoms in total. The molecule has 25 heavy (non-hydrogen) atoms. The number of methoxy groups -OCH3 is 2. The topological polar surface area (TPSA) is 78.1 Å². The minimum Gasteiger partial charge on any atom is -0.493 e. The van der Waals surface area contributed by atoms with Gasteiger partial charge in [0, 0.05) is 11.8 Å². The molecule has 0 aromatic heterocycles. The Bertz CT molecular complexity index is 737. The highest BCUT2D eigenvalue weighted by Gasteiger charge is 2.08. The van der Waals surface area contributed by atoms with Gasteiger partial charge in [-0.25, -0.2) is 9.38 Å². The second-order valence-corrected chi connectivity index (χ2v) is 5.28. The molecule has 1 atom stereocenters. The third-order valence-electron chi connectivity index (χ3n) is 3.34. The lowest BCUT2D eigenvalue weighted by Gasteiger charge is -2.14. The molecule has 2 aromatic carbocycles. The Balaban J connectivity index is 1.94. The average Bonchev–Trinajstić information content (AvgIpc) is 2.62. The number of anilines is 1. The number of rotatable bonds is 7. The van der Waals surface area contributed by atoms with Crippen LogP contribution in [0.25, 0.3) is 0 Å². The number of ether oxygens (including phenoxy) is 3. The maximum absolute atomic E-state index is 13.5. The van der Waals surface area contributed by atoms with Gasteiger partial charge in [-0.3, -0.25) is 0 Å². The Morgan fingerprint density at radius 3 is 2.52 bits per heavy atom. The number of nitrogens with zero attached hydrogens (tertiary/aromatic N) is 1. The molecule has 0 aliphatic rings. The number of para-hydroxylation sites is 1. The van der Waals surface area contributed by atoms with Crippen LogP contribution in [-0.4, -0.2) is 32.8 Å². The Labute approximate surface area is 146 Å². The number of nitrogens with two attached hydrogens (primary N) is 1. The van der Waals surface area contributed by atoms with Crippen LogP contribution in [0.4, 0.5) is 10.1 Å². The monoisotopic (exact) mass is 347 g/mol. The fourth-order valence-corrected chi connectivity index (χ4v) is 2.12. The maximum Gasteiger partial charge on any atom is 0.193 e. The highest BCUT2D eigenvalue weighted by Crippen LogP contribution is 2.29. The van der Waals surface area contributed by atoms with E-state index in [1.807, 2.05) is 0 Å². The van der Waals surface area contributed by atoms with Crippen LogP contribution >= 0.6 is 0 Å². The van der Waals surface area contributed by atoms with E-state index >= 15 is 0 Å². The summed E-state index contributed by atoms with van der Waals surface area (Å²) in [6, 6.07) is 11.5. The summed E-state index contributed by atoms with van der Waals surface area (Å²) in [5.41, 5.74) is 6.59. The normalized spacial score (nSPS) is 12.4. The van der Waals surface area contributed by atoms with Crippen molar-refractivity contribution in [1.29, 1.82) is 0 Å². The zero-order chi connectivity index (χ0) is 18.2. The third kappa shape index (κ3) is 5.27. The van der Waals surface area contributed by atoms with Gasteiger partial charge in [0.25, 0.3) is 0 Å². The molecule has 134 valence electrons. The second-order valence-electron chi connectivity index (χ2n) is 5.28. The largest absolute Gasteiger partial charge is 0.493 e. The van der Waals surface area contributed by atoms with E-state index < -0.39 is 5.82 Å². The second kappa shape index (κ2) is 8.77. The van der Waals surface area contributed by atoms with Crippen LogP contribution in [0.2, 0.25) is 0 Å². The molecular formula is C18H22FN3O3. The standard InChI is InChI=1S/C18H22FN3O3/c1-12(25-15-7-5-4-6-14(15)19)11-21-18(20)22-13-8-9-16(23-2)17(10-13)24-3/h4-10,12H,11H2,1-3H3,(H3,20,21,22). The van der Waals surface area contributed by atoms with E-state index in [4.69, 9.17) is 19.9 Å². The molecule has 7 heteroatoms. The van der Waals surface area contributed by atoms with Crippen LogP contribution in [0.5, 0.6) is 17.2 Å². The summed E-state index contributed by atoms with van der Waals surface area (Å²) in [7, 11) is 3.12. The lowest BCUT2D eigenvalue weighted by molar-refractivity contribution is 0.220. The maximum atomic E-state index is 13.5.